The van der Waals surface area contributed by atoms with Gasteiger partial charge in [-0.3, -0.25) is 9.59 Å². The van der Waals surface area contributed by atoms with Crippen LogP contribution in [-0.2, 0) is 9.59 Å². The van der Waals surface area contributed by atoms with Crippen LogP contribution >= 0.6 is 0 Å². The van der Waals surface area contributed by atoms with Crippen molar-refractivity contribution >= 4 is 17.6 Å². The molecule has 1 saturated heterocycles. The Morgan fingerprint density at radius 3 is 2.04 bits per heavy atom. The van der Waals surface area contributed by atoms with Crippen molar-refractivity contribution in [3.8, 4) is 5.75 Å². The fourth-order valence-corrected chi connectivity index (χ4v) is 2.52. The molecule has 23 heavy (non-hydrogen) atoms. The number of hydrogen-bond donors (Lipinski definition) is 0. The third kappa shape index (κ3) is 4.55. The van der Waals surface area contributed by atoms with E-state index in [1.165, 1.54) is 6.92 Å². The molecule has 1 aliphatic rings. The van der Waals surface area contributed by atoms with E-state index in [4.69, 9.17) is 4.74 Å². The Morgan fingerprint density at radius 2 is 1.52 bits per heavy atom. The molecule has 1 fully saturated rings. The highest BCUT2D eigenvalue weighted by molar-refractivity contribution is 5.94. The van der Waals surface area contributed by atoms with Gasteiger partial charge in [0, 0.05) is 44.6 Å². The van der Waals surface area contributed by atoms with Gasteiger partial charge in [0.15, 0.2) is 0 Å². The number of rotatable bonds is 5. The van der Waals surface area contributed by atoms with Crippen molar-refractivity contribution in [2.45, 2.75) is 19.8 Å². The number of ketones is 1. The van der Waals surface area contributed by atoms with Gasteiger partial charge in [-0.05, 0) is 31.2 Å². The van der Waals surface area contributed by atoms with E-state index in [2.05, 4.69) is 0 Å². The van der Waals surface area contributed by atoms with Crippen molar-refractivity contribution in [2.24, 2.45) is 0 Å². The van der Waals surface area contributed by atoms with Gasteiger partial charge in [0.2, 0.25) is 5.91 Å². The Kier molecular flexibility index (Phi) is 5.73. The molecule has 1 aliphatic heterocycles. The normalized spacial score (nSPS) is 14.5. The highest BCUT2D eigenvalue weighted by Crippen LogP contribution is 2.14. The maximum atomic E-state index is 12.4. The quantitative estimate of drug-likeness (QED) is 0.822. The van der Waals surface area contributed by atoms with Crippen LogP contribution in [0.1, 0.15) is 30.1 Å². The lowest BCUT2D eigenvalue weighted by molar-refractivity contribution is -0.134. The molecule has 0 saturated carbocycles. The number of hydrogen-bond acceptors (Lipinski definition) is 4. The number of nitrogens with zero attached hydrogens (tertiary/aromatic N) is 2. The minimum Gasteiger partial charge on any atom is -0.497 e. The molecule has 0 unspecified atom stereocenters. The third-order valence-corrected chi connectivity index (χ3v) is 3.95. The van der Waals surface area contributed by atoms with Crippen LogP contribution in [0.2, 0.25) is 0 Å². The highest BCUT2D eigenvalue weighted by Gasteiger charge is 2.24. The second-order valence-corrected chi connectivity index (χ2v) is 5.60. The summed E-state index contributed by atoms with van der Waals surface area (Å²) in [5.41, 5.74) is 0.613. The molecule has 0 aliphatic carbocycles. The predicted molar refractivity (Wildman–Crippen MR) is 85.4 cm³/mol. The molecule has 0 spiro atoms. The van der Waals surface area contributed by atoms with Crippen molar-refractivity contribution < 1.29 is 19.1 Å². The first-order valence-electron chi connectivity index (χ1n) is 7.72. The Bertz CT molecular complexity index is 575. The number of benzene rings is 1. The maximum absolute atomic E-state index is 12.4. The Labute approximate surface area is 136 Å². The summed E-state index contributed by atoms with van der Waals surface area (Å²) in [6, 6.07) is 7.00. The number of carbonyl (C=O) groups is 3. The molecule has 6 heteroatoms. The molecule has 0 atom stereocenters. The summed E-state index contributed by atoms with van der Waals surface area (Å²) in [6.45, 7) is 3.53. The molecule has 124 valence electrons. The molecule has 0 bridgehead atoms. The SMILES string of the molecule is COc1ccc(C(=O)N2CCN(C(=O)CCC(C)=O)CC2)cc1. The van der Waals surface area contributed by atoms with Gasteiger partial charge in [-0.25, -0.2) is 0 Å². The second kappa shape index (κ2) is 7.76. The summed E-state index contributed by atoms with van der Waals surface area (Å²) in [5, 5.41) is 0. The average Bonchev–Trinajstić information content (AvgIpc) is 2.59. The summed E-state index contributed by atoms with van der Waals surface area (Å²) < 4.78 is 5.08. The van der Waals surface area contributed by atoms with Crippen molar-refractivity contribution in [1.82, 2.24) is 9.80 Å². The molecular weight excluding hydrogens is 296 g/mol. The predicted octanol–water partition coefficient (Wildman–Crippen LogP) is 1.35. The minimum absolute atomic E-state index is 0.0169. The van der Waals surface area contributed by atoms with Crippen LogP contribution in [0.25, 0.3) is 0 Å². The molecule has 0 radical (unpaired) electrons. The van der Waals surface area contributed by atoms with E-state index in [1.807, 2.05) is 0 Å². The van der Waals surface area contributed by atoms with E-state index < -0.39 is 0 Å². The van der Waals surface area contributed by atoms with Crippen LogP contribution in [0, 0.1) is 0 Å². The largest absolute Gasteiger partial charge is 0.497 e. The smallest absolute Gasteiger partial charge is 0.253 e. The number of ether oxygens (including phenoxy) is 1. The van der Waals surface area contributed by atoms with Gasteiger partial charge in [0.25, 0.3) is 5.91 Å². The summed E-state index contributed by atoms with van der Waals surface area (Å²) in [5.74, 6) is 0.675. The van der Waals surface area contributed by atoms with Crippen LogP contribution in [0.15, 0.2) is 24.3 Å². The molecule has 2 amide bonds. The van der Waals surface area contributed by atoms with Gasteiger partial charge in [0.1, 0.15) is 11.5 Å². The van der Waals surface area contributed by atoms with Crippen molar-refractivity contribution in [1.29, 1.82) is 0 Å². The molecule has 1 aromatic rings. The number of carbonyl (C=O) groups excluding carboxylic acids is 3. The molecule has 0 aromatic heterocycles. The van der Waals surface area contributed by atoms with Crippen molar-refractivity contribution in [3.05, 3.63) is 29.8 Å². The summed E-state index contributed by atoms with van der Waals surface area (Å²) >= 11 is 0. The lowest BCUT2D eigenvalue weighted by atomic mass is 10.1. The first-order chi connectivity index (χ1) is 11.0. The van der Waals surface area contributed by atoms with Gasteiger partial charge in [-0.1, -0.05) is 0 Å². The average molecular weight is 318 g/mol. The Balaban J connectivity index is 1.86. The third-order valence-electron chi connectivity index (χ3n) is 3.95. The van der Waals surface area contributed by atoms with Crippen LogP contribution in [0.5, 0.6) is 5.75 Å². The number of methoxy groups -OCH3 is 1. The van der Waals surface area contributed by atoms with E-state index in [0.717, 1.165) is 0 Å². The highest BCUT2D eigenvalue weighted by atomic mass is 16.5. The molecule has 6 nitrogen and oxygen atoms in total. The number of piperazine rings is 1. The van der Waals surface area contributed by atoms with Gasteiger partial charge in [-0.2, -0.15) is 0 Å². The van der Waals surface area contributed by atoms with Crippen LogP contribution < -0.4 is 4.74 Å². The van der Waals surface area contributed by atoms with Gasteiger partial charge >= 0.3 is 0 Å². The molecule has 1 aromatic carbocycles. The standard InChI is InChI=1S/C17H22N2O4/c1-13(20)3-8-16(21)18-9-11-19(12-10-18)17(22)14-4-6-15(23-2)7-5-14/h4-7H,3,8-12H2,1-2H3. The number of amides is 2. The zero-order valence-corrected chi connectivity index (χ0v) is 13.6. The minimum atomic E-state index is -0.0384. The van der Waals surface area contributed by atoms with Crippen LogP contribution in [-0.4, -0.2) is 60.7 Å². The van der Waals surface area contributed by atoms with Crippen molar-refractivity contribution in [2.75, 3.05) is 33.3 Å². The van der Waals surface area contributed by atoms with E-state index in [9.17, 15) is 14.4 Å². The zero-order chi connectivity index (χ0) is 16.8. The van der Waals surface area contributed by atoms with E-state index >= 15 is 0 Å². The first-order valence-corrected chi connectivity index (χ1v) is 7.72. The Hall–Kier alpha value is -2.37. The van der Waals surface area contributed by atoms with Gasteiger partial charge < -0.3 is 19.3 Å². The molecule has 2 rings (SSSR count). The van der Waals surface area contributed by atoms with Gasteiger partial charge in [-0.15, -0.1) is 0 Å². The topological polar surface area (TPSA) is 66.9 Å². The summed E-state index contributed by atoms with van der Waals surface area (Å²) in [4.78, 5) is 38.8. The summed E-state index contributed by atoms with van der Waals surface area (Å²) in [7, 11) is 1.58. The van der Waals surface area contributed by atoms with Crippen LogP contribution in [0.3, 0.4) is 0 Å². The second-order valence-electron chi connectivity index (χ2n) is 5.60. The monoisotopic (exact) mass is 318 g/mol. The Morgan fingerprint density at radius 1 is 0.957 bits per heavy atom. The van der Waals surface area contributed by atoms with E-state index in [0.29, 0.717) is 37.5 Å². The fraction of sp³-hybridized carbons (Fsp3) is 0.471. The molecular formula is C17H22N2O4. The maximum Gasteiger partial charge on any atom is 0.253 e. The number of Topliss-reactive ketones (excluding diaryl/α,β-unsaturated/α-hetero) is 1. The van der Waals surface area contributed by atoms with E-state index in [-0.39, 0.29) is 30.4 Å². The molecule has 1 heterocycles. The zero-order valence-electron chi connectivity index (χ0n) is 13.6. The first kappa shape index (κ1) is 17.0. The van der Waals surface area contributed by atoms with Crippen molar-refractivity contribution in [3.63, 3.8) is 0 Å². The lowest BCUT2D eigenvalue weighted by Crippen LogP contribution is -2.50. The fourth-order valence-electron chi connectivity index (χ4n) is 2.52. The lowest BCUT2D eigenvalue weighted by Gasteiger charge is -2.34. The van der Waals surface area contributed by atoms with Gasteiger partial charge in [0.05, 0.1) is 7.11 Å². The molecule has 0 N–H and O–H groups in total. The van der Waals surface area contributed by atoms with E-state index in [1.54, 1.807) is 41.2 Å². The van der Waals surface area contributed by atoms with Crippen LogP contribution in [0.4, 0.5) is 0 Å². The summed E-state index contributed by atoms with van der Waals surface area (Å²) in [6.07, 6.45) is 0.533.